The number of piperidine rings is 1. The first-order chi connectivity index (χ1) is 13.2. The Labute approximate surface area is 159 Å². The van der Waals surface area contributed by atoms with Crippen molar-refractivity contribution in [3.63, 3.8) is 0 Å². The summed E-state index contributed by atoms with van der Waals surface area (Å²) < 4.78 is 5.26. The summed E-state index contributed by atoms with van der Waals surface area (Å²) in [6.07, 6.45) is 5.67. The summed E-state index contributed by atoms with van der Waals surface area (Å²) in [6, 6.07) is 7.43. The van der Waals surface area contributed by atoms with Crippen LogP contribution in [0.3, 0.4) is 0 Å². The van der Waals surface area contributed by atoms with Crippen molar-refractivity contribution in [1.29, 1.82) is 0 Å². The fraction of sp³-hybridized carbons (Fsp3) is 0.450. The van der Waals surface area contributed by atoms with Crippen LogP contribution in [0.25, 0.3) is 11.3 Å². The molecule has 2 amide bonds. The molecule has 2 aromatic rings. The minimum atomic E-state index is -0.0711. The molecule has 0 radical (unpaired) electrons. The molecule has 1 saturated heterocycles. The van der Waals surface area contributed by atoms with Gasteiger partial charge in [-0.05, 0) is 31.4 Å². The molecular formula is C20H26N4O3. The maximum absolute atomic E-state index is 12.5. The van der Waals surface area contributed by atoms with Crippen LogP contribution in [0, 0.1) is 0 Å². The molecule has 0 saturated carbocycles. The van der Waals surface area contributed by atoms with E-state index in [1.165, 1.54) is 6.39 Å². The lowest BCUT2D eigenvalue weighted by molar-refractivity contribution is -0.122. The van der Waals surface area contributed by atoms with Gasteiger partial charge < -0.3 is 15.1 Å². The summed E-state index contributed by atoms with van der Waals surface area (Å²) >= 11 is 0. The second-order valence-electron chi connectivity index (χ2n) is 6.82. The summed E-state index contributed by atoms with van der Waals surface area (Å²) in [5.74, 6) is 0.682. The first kappa shape index (κ1) is 19.1. The van der Waals surface area contributed by atoms with Gasteiger partial charge in [0.2, 0.25) is 5.91 Å². The maximum Gasteiger partial charge on any atom is 0.251 e. The minimum Gasteiger partial charge on any atom is -0.444 e. The molecule has 3 rings (SSSR count). The number of nitrogens with one attached hydrogen (secondary N) is 2. The van der Waals surface area contributed by atoms with Gasteiger partial charge in [0.05, 0.1) is 12.7 Å². The first-order valence-corrected chi connectivity index (χ1v) is 9.44. The molecule has 0 unspecified atom stereocenters. The minimum absolute atomic E-state index is 0.0711. The third-order valence-corrected chi connectivity index (χ3v) is 4.73. The van der Waals surface area contributed by atoms with Crippen molar-refractivity contribution in [2.75, 3.05) is 26.2 Å². The zero-order valence-electron chi connectivity index (χ0n) is 15.6. The van der Waals surface area contributed by atoms with Gasteiger partial charge in [0, 0.05) is 36.8 Å². The normalized spacial score (nSPS) is 15.4. The molecule has 2 N–H and O–H groups in total. The fourth-order valence-electron chi connectivity index (χ4n) is 3.17. The summed E-state index contributed by atoms with van der Waals surface area (Å²) in [5, 5.41) is 5.99. The third-order valence-electron chi connectivity index (χ3n) is 4.73. The standard InChI is InChI=1S/C20H26N4O3/c1-2-9-22-19(25)13-24-10-7-17(8-11-24)23-20(26)16-5-3-15(4-6-16)18-12-21-14-27-18/h3-6,12,14,17H,2,7-11,13H2,1H3,(H,22,25)(H,23,26). The Kier molecular flexibility index (Phi) is 6.59. The number of hydrogen-bond acceptors (Lipinski definition) is 5. The highest BCUT2D eigenvalue weighted by Crippen LogP contribution is 2.19. The van der Waals surface area contributed by atoms with E-state index < -0.39 is 0 Å². The number of amides is 2. The second kappa shape index (κ2) is 9.32. The van der Waals surface area contributed by atoms with Crippen LogP contribution in [0.5, 0.6) is 0 Å². The number of benzene rings is 1. The monoisotopic (exact) mass is 370 g/mol. The van der Waals surface area contributed by atoms with Crippen LogP contribution < -0.4 is 10.6 Å². The van der Waals surface area contributed by atoms with Gasteiger partial charge in [0.1, 0.15) is 0 Å². The van der Waals surface area contributed by atoms with Crippen molar-refractivity contribution >= 4 is 11.8 Å². The molecule has 27 heavy (non-hydrogen) atoms. The van der Waals surface area contributed by atoms with Crippen LogP contribution in [0.15, 0.2) is 41.3 Å². The van der Waals surface area contributed by atoms with Crippen molar-refractivity contribution in [2.24, 2.45) is 0 Å². The smallest absolute Gasteiger partial charge is 0.251 e. The average molecular weight is 370 g/mol. The van der Waals surface area contributed by atoms with E-state index in [1.807, 2.05) is 19.1 Å². The van der Waals surface area contributed by atoms with Gasteiger partial charge in [-0.3, -0.25) is 14.5 Å². The molecule has 1 aromatic heterocycles. The SMILES string of the molecule is CCCNC(=O)CN1CCC(NC(=O)c2ccc(-c3cnco3)cc2)CC1. The quantitative estimate of drug-likeness (QED) is 0.779. The summed E-state index contributed by atoms with van der Waals surface area (Å²) in [6.45, 7) is 4.82. The zero-order chi connectivity index (χ0) is 19.1. The van der Waals surface area contributed by atoms with Gasteiger partial charge in [-0.25, -0.2) is 4.98 Å². The average Bonchev–Trinajstić information content (AvgIpc) is 3.23. The van der Waals surface area contributed by atoms with Crippen LogP contribution in [0.1, 0.15) is 36.5 Å². The van der Waals surface area contributed by atoms with E-state index in [0.717, 1.165) is 44.5 Å². The number of oxazole rings is 1. The molecule has 144 valence electrons. The Balaban J connectivity index is 1.45. The molecule has 1 aliphatic heterocycles. The highest BCUT2D eigenvalue weighted by molar-refractivity contribution is 5.94. The van der Waals surface area contributed by atoms with E-state index in [9.17, 15) is 9.59 Å². The largest absolute Gasteiger partial charge is 0.444 e. The van der Waals surface area contributed by atoms with Gasteiger partial charge in [0.15, 0.2) is 12.2 Å². The molecule has 1 aromatic carbocycles. The molecule has 1 fully saturated rings. The molecule has 2 heterocycles. The second-order valence-corrected chi connectivity index (χ2v) is 6.82. The summed E-state index contributed by atoms with van der Waals surface area (Å²) in [5.41, 5.74) is 1.51. The third kappa shape index (κ3) is 5.40. The number of carbonyl (C=O) groups excluding carboxylic acids is 2. The van der Waals surface area contributed by atoms with Gasteiger partial charge >= 0.3 is 0 Å². The van der Waals surface area contributed by atoms with Crippen molar-refractivity contribution < 1.29 is 14.0 Å². The summed E-state index contributed by atoms with van der Waals surface area (Å²) in [7, 11) is 0. The Bertz CT molecular complexity index is 735. The van der Waals surface area contributed by atoms with Crippen molar-refractivity contribution in [3.05, 3.63) is 42.4 Å². The molecular weight excluding hydrogens is 344 g/mol. The van der Waals surface area contributed by atoms with Crippen LogP contribution >= 0.6 is 0 Å². The first-order valence-electron chi connectivity index (χ1n) is 9.44. The molecule has 0 spiro atoms. The van der Waals surface area contributed by atoms with E-state index >= 15 is 0 Å². The van der Waals surface area contributed by atoms with Crippen molar-refractivity contribution in [2.45, 2.75) is 32.2 Å². The lowest BCUT2D eigenvalue weighted by Gasteiger charge is -2.31. The molecule has 0 aliphatic carbocycles. The van der Waals surface area contributed by atoms with Gasteiger partial charge in [-0.1, -0.05) is 19.1 Å². The van der Waals surface area contributed by atoms with E-state index in [1.54, 1.807) is 18.3 Å². The van der Waals surface area contributed by atoms with E-state index in [4.69, 9.17) is 4.42 Å². The van der Waals surface area contributed by atoms with Crippen molar-refractivity contribution in [1.82, 2.24) is 20.5 Å². The molecule has 7 nitrogen and oxygen atoms in total. The van der Waals surface area contributed by atoms with Crippen LogP contribution in [0.2, 0.25) is 0 Å². The van der Waals surface area contributed by atoms with Gasteiger partial charge in [-0.15, -0.1) is 0 Å². The zero-order valence-corrected chi connectivity index (χ0v) is 15.6. The molecule has 0 bridgehead atoms. The molecule has 0 atom stereocenters. The summed E-state index contributed by atoms with van der Waals surface area (Å²) in [4.78, 5) is 30.3. The highest BCUT2D eigenvalue weighted by Gasteiger charge is 2.22. The Hall–Kier alpha value is -2.67. The van der Waals surface area contributed by atoms with Crippen LogP contribution in [-0.4, -0.2) is 53.9 Å². The molecule has 7 heteroatoms. The number of likely N-dealkylation sites (tertiary alicyclic amines) is 1. The van der Waals surface area contributed by atoms with Crippen LogP contribution in [0.4, 0.5) is 0 Å². The topological polar surface area (TPSA) is 87.5 Å². The number of aromatic nitrogens is 1. The number of carbonyl (C=O) groups is 2. The number of nitrogens with zero attached hydrogens (tertiary/aromatic N) is 2. The highest BCUT2D eigenvalue weighted by atomic mass is 16.3. The van der Waals surface area contributed by atoms with E-state index in [0.29, 0.717) is 17.9 Å². The maximum atomic E-state index is 12.5. The number of hydrogen-bond donors (Lipinski definition) is 2. The predicted molar refractivity (Wildman–Crippen MR) is 102 cm³/mol. The predicted octanol–water partition coefficient (Wildman–Crippen LogP) is 2.06. The van der Waals surface area contributed by atoms with Gasteiger partial charge in [0.25, 0.3) is 5.91 Å². The Morgan fingerprint density at radius 1 is 1.22 bits per heavy atom. The Morgan fingerprint density at radius 3 is 2.59 bits per heavy atom. The van der Waals surface area contributed by atoms with E-state index in [2.05, 4.69) is 20.5 Å². The number of rotatable bonds is 7. The van der Waals surface area contributed by atoms with Crippen molar-refractivity contribution in [3.8, 4) is 11.3 Å². The molecule has 1 aliphatic rings. The lowest BCUT2D eigenvalue weighted by Crippen LogP contribution is -2.47. The van der Waals surface area contributed by atoms with Crippen LogP contribution in [-0.2, 0) is 4.79 Å². The Morgan fingerprint density at radius 2 is 1.96 bits per heavy atom. The fourth-order valence-corrected chi connectivity index (χ4v) is 3.17. The van der Waals surface area contributed by atoms with E-state index in [-0.39, 0.29) is 17.9 Å². The lowest BCUT2D eigenvalue weighted by atomic mass is 10.0. The van der Waals surface area contributed by atoms with Gasteiger partial charge in [-0.2, -0.15) is 0 Å².